The predicted molar refractivity (Wildman–Crippen MR) is 182 cm³/mol. The molecular weight excluding hydrogens is 550 g/mol. The van der Waals surface area contributed by atoms with Crippen molar-refractivity contribution in [1.82, 2.24) is 15.0 Å². The van der Waals surface area contributed by atoms with E-state index in [2.05, 4.69) is 91.0 Å². The quantitative estimate of drug-likeness (QED) is 0.195. The number of nitrogens with zero attached hydrogens (tertiary/aromatic N) is 3. The first-order chi connectivity index (χ1) is 22.3. The average Bonchev–Trinajstić information content (AvgIpc) is 3.50. The number of aromatic nitrogens is 3. The Morgan fingerprint density at radius 1 is 0.511 bits per heavy atom. The zero-order chi connectivity index (χ0) is 29.7. The molecule has 0 fully saturated rings. The maximum atomic E-state index is 6.54. The first kappa shape index (κ1) is 25.6. The van der Waals surface area contributed by atoms with Crippen LogP contribution in [0.15, 0.2) is 152 Å². The molecule has 9 rings (SSSR count). The molecule has 45 heavy (non-hydrogen) atoms. The Bertz CT molecular complexity index is 2250. The molecule has 6 aromatic carbocycles. The standard InChI is InChI=1S/C41H27N3O/c1-3-12-26(13-4-1)39-42-40(27-14-5-2-6-15-27)44-41(43-39)33-20-11-21-37-38(33)35-25-29(22-23-36(35)45-37)34-24-28-16-7-8-17-30(28)31-18-9-10-19-32(31)34/h1-25,37-38H. The summed E-state index contributed by atoms with van der Waals surface area (Å²) in [7, 11) is 0. The van der Waals surface area contributed by atoms with Crippen molar-refractivity contribution >= 4 is 27.1 Å². The molecule has 0 amide bonds. The highest BCUT2D eigenvalue weighted by Crippen LogP contribution is 2.49. The molecule has 0 saturated carbocycles. The zero-order valence-corrected chi connectivity index (χ0v) is 24.3. The fraction of sp³-hybridized carbons (Fsp3) is 0.0488. The summed E-state index contributed by atoms with van der Waals surface area (Å²) in [5.41, 5.74) is 6.46. The van der Waals surface area contributed by atoms with Crippen LogP contribution in [0.3, 0.4) is 0 Å². The highest BCUT2D eigenvalue weighted by atomic mass is 16.5. The number of rotatable bonds is 4. The molecule has 2 aliphatic rings. The van der Waals surface area contributed by atoms with E-state index in [1.54, 1.807) is 0 Å². The molecule has 1 aliphatic heterocycles. The third-order valence-corrected chi connectivity index (χ3v) is 8.88. The van der Waals surface area contributed by atoms with Gasteiger partial charge in [0.15, 0.2) is 17.5 Å². The van der Waals surface area contributed by atoms with Gasteiger partial charge in [0, 0.05) is 22.3 Å². The molecule has 1 aromatic heterocycles. The van der Waals surface area contributed by atoms with Crippen molar-refractivity contribution in [2.45, 2.75) is 12.0 Å². The predicted octanol–water partition coefficient (Wildman–Crippen LogP) is 9.68. The van der Waals surface area contributed by atoms with E-state index in [1.807, 2.05) is 60.7 Å². The molecule has 7 aromatic rings. The van der Waals surface area contributed by atoms with Gasteiger partial charge in [-0.25, -0.2) is 15.0 Å². The Morgan fingerprint density at radius 3 is 1.87 bits per heavy atom. The van der Waals surface area contributed by atoms with Crippen LogP contribution in [-0.2, 0) is 0 Å². The molecule has 2 heterocycles. The third kappa shape index (κ3) is 4.34. The summed E-state index contributed by atoms with van der Waals surface area (Å²) in [6, 6.07) is 46.4. The maximum absolute atomic E-state index is 6.54. The van der Waals surface area contributed by atoms with Crippen LogP contribution in [0.25, 0.3) is 61.0 Å². The minimum absolute atomic E-state index is 0.0497. The van der Waals surface area contributed by atoms with Crippen LogP contribution < -0.4 is 4.74 Å². The zero-order valence-electron chi connectivity index (χ0n) is 24.3. The van der Waals surface area contributed by atoms with Gasteiger partial charge in [0.25, 0.3) is 0 Å². The summed E-state index contributed by atoms with van der Waals surface area (Å²) in [5.74, 6) is 2.83. The van der Waals surface area contributed by atoms with E-state index in [9.17, 15) is 0 Å². The molecule has 0 saturated heterocycles. The number of benzene rings is 6. The minimum Gasteiger partial charge on any atom is -0.485 e. The number of fused-ring (bicyclic) bond motifs is 6. The van der Waals surface area contributed by atoms with Crippen LogP contribution in [0.1, 0.15) is 17.3 Å². The van der Waals surface area contributed by atoms with Gasteiger partial charge in [0.05, 0.1) is 5.92 Å². The normalized spacial score (nSPS) is 16.7. The van der Waals surface area contributed by atoms with Crippen molar-refractivity contribution < 1.29 is 4.74 Å². The summed E-state index contributed by atoms with van der Waals surface area (Å²) in [6.07, 6.45) is 6.20. The van der Waals surface area contributed by atoms with E-state index in [1.165, 1.54) is 32.7 Å². The van der Waals surface area contributed by atoms with E-state index in [0.29, 0.717) is 17.5 Å². The second-order valence-electron chi connectivity index (χ2n) is 11.5. The molecule has 4 nitrogen and oxygen atoms in total. The number of hydrogen-bond donors (Lipinski definition) is 0. The van der Waals surface area contributed by atoms with Crippen molar-refractivity contribution in [3.05, 3.63) is 163 Å². The van der Waals surface area contributed by atoms with Crippen LogP contribution >= 0.6 is 0 Å². The largest absolute Gasteiger partial charge is 0.485 e. The van der Waals surface area contributed by atoms with E-state index >= 15 is 0 Å². The van der Waals surface area contributed by atoms with Crippen LogP contribution in [0.4, 0.5) is 0 Å². The van der Waals surface area contributed by atoms with Crippen molar-refractivity contribution in [1.29, 1.82) is 0 Å². The first-order valence-electron chi connectivity index (χ1n) is 15.3. The Morgan fingerprint density at radius 2 is 1.13 bits per heavy atom. The Hall–Kier alpha value is -5.87. The van der Waals surface area contributed by atoms with Crippen LogP contribution in [-0.4, -0.2) is 21.1 Å². The van der Waals surface area contributed by atoms with Gasteiger partial charge >= 0.3 is 0 Å². The summed E-state index contributed by atoms with van der Waals surface area (Å²) in [5, 5.41) is 4.99. The SMILES string of the molecule is C1=CC2Oc3ccc(-c4cc5ccccc5c5ccccc45)cc3C2C(c2nc(-c3ccccc3)nc(-c3ccccc3)n2)=C1. The van der Waals surface area contributed by atoms with Gasteiger partial charge in [-0.1, -0.05) is 127 Å². The molecule has 4 heteroatoms. The maximum Gasteiger partial charge on any atom is 0.164 e. The summed E-state index contributed by atoms with van der Waals surface area (Å²) >= 11 is 0. The van der Waals surface area contributed by atoms with Crippen molar-refractivity contribution in [3.8, 4) is 39.7 Å². The van der Waals surface area contributed by atoms with Crippen LogP contribution in [0, 0.1) is 0 Å². The first-order valence-corrected chi connectivity index (χ1v) is 15.3. The topological polar surface area (TPSA) is 47.9 Å². The van der Waals surface area contributed by atoms with Crippen molar-refractivity contribution in [2.75, 3.05) is 0 Å². The van der Waals surface area contributed by atoms with Gasteiger partial charge in [0.2, 0.25) is 0 Å². The Balaban J connectivity index is 1.20. The van der Waals surface area contributed by atoms with Gasteiger partial charge in [-0.15, -0.1) is 0 Å². The molecule has 0 bridgehead atoms. The Kier molecular flexibility index (Phi) is 5.91. The molecule has 1 aliphatic carbocycles. The van der Waals surface area contributed by atoms with Crippen molar-refractivity contribution in [3.63, 3.8) is 0 Å². The molecule has 0 N–H and O–H groups in total. The highest BCUT2D eigenvalue weighted by molar-refractivity contribution is 6.13. The van der Waals surface area contributed by atoms with Crippen LogP contribution in [0.2, 0.25) is 0 Å². The lowest BCUT2D eigenvalue weighted by Gasteiger charge is -2.22. The van der Waals surface area contributed by atoms with Gasteiger partial charge in [0.1, 0.15) is 11.9 Å². The van der Waals surface area contributed by atoms with Crippen molar-refractivity contribution in [2.24, 2.45) is 0 Å². The second-order valence-corrected chi connectivity index (χ2v) is 11.5. The van der Waals surface area contributed by atoms with E-state index in [-0.39, 0.29) is 12.0 Å². The molecule has 0 radical (unpaired) electrons. The second kappa shape index (κ2) is 10.4. The number of ether oxygens (including phenoxy) is 1. The molecular formula is C41H27N3O. The summed E-state index contributed by atoms with van der Waals surface area (Å²) < 4.78 is 6.54. The fourth-order valence-electron chi connectivity index (χ4n) is 6.77. The summed E-state index contributed by atoms with van der Waals surface area (Å²) in [4.78, 5) is 15.0. The molecule has 2 unspecified atom stereocenters. The van der Waals surface area contributed by atoms with Gasteiger partial charge < -0.3 is 4.74 Å². The Labute approximate surface area is 261 Å². The lowest BCUT2D eigenvalue weighted by Crippen LogP contribution is -2.20. The number of hydrogen-bond acceptors (Lipinski definition) is 4. The lowest BCUT2D eigenvalue weighted by atomic mass is 9.83. The van der Waals surface area contributed by atoms with E-state index in [4.69, 9.17) is 19.7 Å². The smallest absolute Gasteiger partial charge is 0.164 e. The summed E-state index contributed by atoms with van der Waals surface area (Å²) in [6.45, 7) is 0. The highest BCUT2D eigenvalue weighted by Gasteiger charge is 2.39. The third-order valence-electron chi connectivity index (χ3n) is 8.88. The van der Waals surface area contributed by atoms with E-state index in [0.717, 1.165) is 28.0 Å². The fourth-order valence-corrected chi connectivity index (χ4v) is 6.77. The minimum atomic E-state index is -0.138. The average molecular weight is 578 g/mol. The van der Waals surface area contributed by atoms with Gasteiger partial charge in [-0.2, -0.15) is 0 Å². The molecule has 2 atom stereocenters. The van der Waals surface area contributed by atoms with E-state index < -0.39 is 0 Å². The molecule has 212 valence electrons. The monoisotopic (exact) mass is 577 g/mol. The number of allylic oxidation sites excluding steroid dienone is 2. The van der Waals surface area contributed by atoms with Crippen LogP contribution in [0.5, 0.6) is 5.75 Å². The van der Waals surface area contributed by atoms with Gasteiger partial charge in [-0.05, 0) is 56.9 Å². The van der Waals surface area contributed by atoms with Gasteiger partial charge in [-0.3, -0.25) is 0 Å². The lowest BCUT2D eigenvalue weighted by molar-refractivity contribution is 0.271. The molecule has 0 spiro atoms.